The van der Waals surface area contributed by atoms with E-state index in [4.69, 9.17) is 0 Å². The van der Waals surface area contributed by atoms with Crippen LogP contribution in [0.4, 0.5) is 11.4 Å². The largest absolute Gasteiger partial charge is 0.355 e. The van der Waals surface area contributed by atoms with Gasteiger partial charge in [0.2, 0.25) is 0 Å². The summed E-state index contributed by atoms with van der Waals surface area (Å²) in [7, 11) is 0. The molecule has 0 unspecified atom stereocenters. The Morgan fingerprint density at radius 2 is 0.861 bits per heavy atom. The third-order valence-corrected chi connectivity index (χ3v) is 7.22. The Morgan fingerprint density at radius 3 is 1.28 bits per heavy atom. The van der Waals surface area contributed by atoms with Gasteiger partial charge in [0.25, 0.3) is 0 Å². The van der Waals surface area contributed by atoms with Gasteiger partial charge in [-0.1, -0.05) is 119 Å². The first-order chi connectivity index (χ1) is 16.3. The smallest absolute Gasteiger partial charge is 0.0464 e. The second-order valence-electron chi connectivity index (χ2n) is 14.7. The second-order valence-corrected chi connectivity index (χ2v) is 14.7. The van der Waals surface area contributed by atoms with Crippen molar-refractivity contribution >= 4 is 11.4 Å². The maximum absolute atomic E-state index is 3.81. The van der Waals surface area contributed by atoms with Crippen LogP contribution in [0.25, 0.3) is 11.1 Å². The first-order valence-corrected chi connectivity index (χ1v) is 13.5. The summed E-state index contributed by atoms with van der Waals surface area (Å²) in [6.07, 6.45) is 0. The van der Waals surface area contributed by atoms with E-state index in [2.05, 4.69) is 150 Å². The lowest BCUT2D eigenvalue weighted by Crippen LogP contribution is -2.17. The van der Waals surface area contributed by atoms with Crippen LogP contribution in [0, 0.1) is 6.92 Å². The molecule has 0 aliphatic carbocycles. The highest BCUT2D eigenvalue weighted by Gasteiger charge is 2.23. The van der Waals surface area contributed by atoms with Gasteiger partial charge in [-0.2, -0.15) is 0 Å². The molecule has 3 aromatic rings. The summed E-state index contributed by atoms with van der Waals surface area (Å²) in [6.45, 7) is 29.8. The fourth-order valence-electron chi connectivity index (χ4n) is 4.42. The van der Waals surface area contributed by atoms with Gasteiger partial charge in [-0.3, -0.25) is 0 Å². The summed E-state index contributed by atoms with van der Waals surface area (Å²) in [5, 5.41) is 3.81. The molecule has 3 aromatic carbocycles. The molecule has 0 radical (unpaired) electrons. The highest BCUT2D eigenvalue weighted by atomic mass is 14.9. The fraction of sp³-hybridized carbons (Fsp3) is 0.486. The Labute approximate surface area is 221 Å². The number of aryl methyl sites for hydroxylation is 1. The Bertz CT molecular complexity index is 1200. The molecule has 0 saturated carbocycles. The van der Waals surface area contributed by atoms with Crippen LogP contribution < -0.4 is 5.32 Å². The number of rotatable bonds is 3. The predicted molar refractivity (Wildman–Crippen MR) is 161 cm³/mol. The minimum Gasteiger partial charge on any atom is -0.355 e. The standard InChI is InChI=1S/C35H49N/c1-23-18-25(32(2,3)4)14-16-30(23)36-31-17-15-26(33(5,6)7)22-29(31)24-19-27(34(8,9)10)21-28(20-24)35(11,12)13/h14-22,36H,1-13H3. The zero-order chi connectivity index (χ0) is 27.3. The molecule has 0 aliphatic heterocycles. The summed E-state index contributed by atoms with van der Waals surface area (Å²) in [6, 6.07) is 21.0. The van der Waals surface area contributed by atoms with Gasteiger partial charge in [0.1, 0.15) is 0 Å². The van der Waals surface area contributed by atoms with Gasteiger partial charge < -0.3 is 5.32 Å². The highest BCUT2D eigenvalue weighted by Crippen LogP contribution is 2.40. The summed E-state index contributed by atoms with van der Waals surface area (Å²) in [5.74, 6) is 0. The van der Waals surface area contributed by atoms with Crippen molar-refractivity contribution in [2.45, 2.75) is 112 Å². The molecule has 0 aliphatic rings. The van der Waals surface area contributed by atoms with Crippen molar-refractivity contribution in [1.29, 1.82) is 0 Å². The first kappa shape index (κ1) is 28.0. The first-order valence-electron chi connectivity index (χ1n) is 13.5. The highest BCUT2D eigenvalue weighted by molar-refractivity contribution is 5.83. The SMILES string of the molecule is Cc1cc(C(C)(C)C)ccc1Nc1ccc(C(C)(C)C)cc1-c1cc(C(C)(C)C)cc(C(C)(C)C)c1. The van der Waals surface area contributed by atoms with Gasteiger partial charge in [0.15, 0.2) is 0 Å². The van der Waals surface area contributed by atoms with Crippen molar-refractivity contribution in [1.82, 2.24) is 0 Å². The Balaban J connectivity index is 2.24. The number of anilines is 2. The van der Waals surface area contributed by atoms with Crippen molar-refractivity contribution in [2.75, 3.05) is 5.32 Å². The van der Waals surface area contributed by atoms with Gasteiger partial charge in [-0.05, 0) is 80.2 Å². The van der Waals surface area contributed by atoms with Crippen molar-refractivity contribution in [3.63, 3.8) is 0 Å². The predicted octanol–water partition coefficient (Wildman–Crippen LogP) is 10.6. The molecule has 1 heteroatoms. The van der Waals surface area contributed by atoms with Crippen LogP contribution in [-0.2, 0) is 21.7 Å². The molecule has 36 heavy (non-hydrogen) atoms. The normalized spacial score (nSPS) is 13.1. The Morgan fingerprint density at radius 1 is 0.444 bits per heavy atom. The average Bonchev–Trinajstić information content (AvgIpc) is 2.72. The molecular weight excluding hydrogens is 434 g/mol. The average molecular weight is 484 g/mol. The molecule has 194 valence electrons. The summed E-state index contributed by atoms with van der Waals surface area (Å²) in [5.41, 5.74) is 12.0. The van der Waals surface area contributed by atoms with Crippen molar-refractivity contribution < 1.29 is 0 Å². The number of hydrogen-bond donors (Lipinski definition) is 1. The molecule has 0 aromatic heterocycles. The van der Waals surface area contributed by atoms with E-state index >= 15 is 0 Å². The number of nitrogens with one attached hydrogen (secondary N) is 1. The van der Waals surface area contributed by atoms with Crippen molar-refractivity contribution in [3.05, 3.63) is 82.4 Å². The summed E-state index contributed by atoms with van der Waals surface area (Å²) in [4.78, 5) is 0. The van der Waals surface area contributed by atoms with E-state index in [1.807, 2.05) is 0 Å². The lowest BCUT2D eigenvalue weighted by molar-refractivity contribution is 0.569. The minimum absolute atomic E-state index is 0.0740. The van der Waals surface area contributed by atoms with Gasteiger partial charge in [-0.15, -0.1) is 0 Å². The van der Waals surface area contributed by atoms with E-state index in [0.29, 0.717) is 0 Å². The van der Waals surface area contributed by atoms with E-state index in [9.17, 15) is 0 Å². The van der Waals surface area contributed by atoms with Gasteiger partial charge in [0, 0.05) is 16.9 Å². The van der Waals surface area contributed by atoms with Crippen LogP contribution in [0.15, 0.2) is 54.6 Å². The lowest BCUT2D eigenvalue weighted by atomic mass is 9.78. The van der Waals surface area contributed by atoms with Crippen molar-refractivity contribution in [2.24, 2.45) is 0 Å². The number of benzene rings is 3. The summed E-state index contributed by atoms with van der Waals surface area (Å²) >= 11 is 0. The van der Waals surface area contributed by atoms with E-state index in [1.165, 1.54) is 38.9 Å². The van der Waals surface area contributed by atoms with E-state index in [0.717, 1.165) is 11.4 Å². The van der Waals surface area contributed by atoms with E-state index < -0.39 is 0 Å². The van der Waals surface area contributed by atoms with Gasteiger partial charge >= 0.3 is 0 Å². The topological polar surface area (TPSA) is 12.0 Å². The molecule has 0 saturated heterocycles. The fourth-order valence-corrected chi connectivity index (χ4v) is 4.42. The lowest BCUT2D eigenvalue weighted by Gasteiger charge is -2.28. The molecule has 0 atom stereocenters. The van der Waals surface area contributed by atoms with Crippen LogP contribution in [-0.4, -0.2) is 0 Å². The molecule has 0 amide bonds. The van der Waals surface area contributed by atoms with Crippen molar-refractivity contribution in [3.8, 4) is 11.1 Å². The van der Waals surface area contributed by atoms with Crippen LogP contribution in [0.2, 0.25) is 0 Å². The monoisotopic (exact) mass is 483 g/mol. The zero-order valence-electron chi connectivity index (χ0n) is 25.2. The minimum atomic E-state index is 0.0740. The zero-order valence-corrected chi connectivity index (χ0v) is 25.2. The van der Waals surface area contributed by atoms with Crippen LogP contribution in [0.1, 0.15) is 111 Å². The van der Waals surface area contributed by atoms with Crippen LogP contribution in [0.3, 0.4) is 0 Å². The third kappa shape index (κ3) is 6.41. The summed E-state index contributed by atoms with van der Waals surface area (Å²) < 4.78 is 0. The van der Waals surface area contributed by atoms with E-state index in [-0.39, 0.29) is 21.7 Å². The second kappa shape index (κ2) is 9.40. The molecule has 0 heterocycles. The van der Waals surface area contributed by atoms with Crippen LogP contribution >= 0.6 is 0 Å². The molecule has 1 N–H and O–H groups in total. The Kier molecular flexibility index (Phi) is 7.32. The maximum Gasteiger partial charge on any atom is 0.0464 e. The Hall–Kier alpha value is -2.54. The van der Waals surface area contributed by atoms with Crippen LogP contribution in [0.5, 0.6) is 0 Å². The molecular formula is C35H49N. The third-order valence-electron chi connectivity index (χ3n) is 7.22. The quantitative estimate of drug-likeness (QED) is 0.390. The molecule has 0 fully saturated rings. The maximum atomic E-state index is 3.81. The molecule has 0 spiro atoms. The van der Waals surface area contributed by atoms with Gasteiger partial charge in [-0.25, -0.2) is 0 Å². The van der Waals surface area contributed by atoms with Gasteiger partial charge in [0.05, 0.1) is 0 Å². The molecule has 3 rings (SSSR count). The van der Waals surface area contributed by atoms with E-state index in [1.54, 1.807) is 0 Å². The molecule has 0 bridgehead atoms. The number of hydrogen-bond acceptors (Lipinski definition) is 1. The molecule has 1 nitrogen and oxygen atoms in total.